The van der Waals surface area contributed by atoms with Crippen LogP contribution in [0.25, 0.3) is 0 Å². The molecule has 0 N–H and O–H groups in total. The van der Waals surface area contributed by atoms with E-state index in [4.69, 9.17) is 4.40 Å². The smallest absolute Gasteiger partial charge is 0.0256 e. The van der Waals surface area contributed by atoms with Crippen LogP contribution in [0.4, 0.5) is 0 Å². The molecule has 1 aliphatic carbocycles. The Bertz CT molecular complexity index is 322. The van der Waals surface area contributed by atoms with Gasteiger partial charge in [-0.2, -0.15) is 0 Å². The van der Waals surface area contributed by atoms with Crippen LogP contribution < -0.4 is 0 Å². The molecule has 2 heteroatoms. The molecule has 1 nitrogen and oxygen atoms in total. The predicted octanol–water partition coefficient (Wildman–Crippen LogP) is 5.32. The number of hydrogen-bond acceptors (Lipinski definition) is 1. The standard InChI is InChI=1S/C16H31NS/c1-12(2)14-9-8-10-15(11-14)13(3)17-18(7)16(4,5)6/h12,14-15H,7-11H2,1-6H3/b17-13+. The molecule has 0 saturated heterocycles. The van der Waals surface area contributed by atoms with E-state index in [1.165, 1.54) is 31.4 Å². The first kappa shape index (κ1) is 15.9. The second-order valence-electron chi connectivity index (χ2n) is 7.08. The van der Waals surface area contributed by atoms with E-state index in [1.807, 2.05) is 0 Å². The van der Waals surface area contributed by atoms with Crippen LogP contribution in [0.3, 0.4) is 0 Å². The van der Waals surface area contributed by atoms with E-state index < -0.39 is 0 Å². The van der Waals surface area contributed by atoms with Crippen molar-refractivity contribution in [2.24, 2.45) is 22.2 Å². The Kier molecular flexibility index (Phi) is 5.64. The van der Waals surface area contributed by atoms with Crippen molar-refractivity contribution in [1.82, 2.24) is 0 Å². The third-order valence-electron chi connectivity index (χ3n) is 4.21. The highest BCUT2D eigenvalue weighted by Crippen LogP contribution is 2.37. The van der Waals surface area contributed by atoms with Crippen LogP contribution in [-0.2, 0) is 0 Å². The lowest BCUT2D eigenvalue weighted by Gasteiger charge is -2.32. The summed E-state index contributed by atoms with van der Waals surface area (Å²) in [6.45, 7) is 13.7. The molecule has 0 aliphatic heterocycles. The highest BCUT2D eigenvalue weighted by Gasteiger charge is 2.26. The van der Waals surface area contributed by atoms with Crippen LogP contribution in [0, 0.1) is 17.8 Å². The van der Waals surface area contributed by atoms with Gasteiger partial charge >= 0.3 is 0 Å². The van der Waals surface area contributed by atoms with Crippen molar-refractivity contribution in [3.8, 4) is 0 Å². The molecular weight excluding hydrogens is 238 g/mol. The quantitative estimate of drug-likeness (QED) is 0.485. The molecule has 3 atom stereocenters. The highest BCUT2D eigenvalue weighted by atomic mass is 32.2. The van der Waals surface area contributed by atoms with Gasteiger partial charge in [0, 0.05) is 10.5 Å². The first-order valence-electron chi connectivity index (χ1n) is 7.31. The molecule has 1 rings (SSSR count). The Hall–Kier alpha value is -0.110. The molecule has 1 aliphatic rings. The van der Waals surface area contributed by atoms with E-state index in [0.717, 1.165) is 11.8 Å². The molecule has 1 saturated carbocycles. The van der Waals surface area contributed by atoms with Crippen molar-refractivity contribution in [2.75, 3.05) is 0 Å². The average molecular weight is 269 g/mol. The summed E-state index contributed by atoms with van der Waals surface area (Å²) in [5.74, 6) is 6.67. The van der Waals surface area contributed by atoms with Crippen molar-refractivity contribution in [1.29, 1.82) is 0 Å². The van der Waals surface area contributed by atoms with E-state index in [-0.39, 0.29) is 15.4 Å². The second-order valence-corrected chi connectivity index (χ2v) is 9.21. The number of nitrogens with zero attached hydrogens (tertiary/aromatic N) is 1. The summed E-state index contributed by atoms with van der Waals surface area (Å²) in [6.07, 6.45) is 5.46. The van der Waals surface area contributed by atoms with Gasteiger partial charge in [0.15, 0.2) is 0 Å². The minimum Gasteiger partial charge on any atom is -0.233 e. The minimum absolute atomic E-state index is 0.103. The fourth-order valence-electron chi connectivity index (χ4n) is 2.60. The van der Waals surface area contributed by atoms with Gasteiger partial charge in [-0.1, -0.05) is 43.2 Å². The van der Waals surface area contributed by atoms with Gasteiger partial charge in [0.1, 0.15) is 0 Å². The van der Waals surface area contributed by atoms with Gasteiger partial charge in [-0.15, -0.1) is 0 Å². The SMILES string of the molecule is C=S(/N=C(\C)C1CCCC(C(C)C)C1)C(C)(C)C. The van der Waals surface area contributed by atoms with Crippen molar-refractivity contribution in [3.63, 3.8) is 0 Å². The zero-order chi connectivity index (χ0) is 13.9. The van der Waals surface area contributed by atoms with Crippen molar-refractivity contribution in [2.45, 2.75) is 72.0 Å². The van der Waals surface area contributed by atoms with Gasteiger partial charge in [0.2, 0.25) is 0 Å². The lowest BCUT2D eigenvalue weighted by atomic mass is 9.75. The molecule has 0 aromatic heterocycles. The third kappa shape index (κ3) is 4.53. The summed E-state index contributed by atoms with van der Waals surface area (Å²) in [4.78, 5) is 0. The molecule has 0 heterocycles. The van der Waals surface area contributed by atoms with Gasteiger partial charge < -0.3 is 0 Å². The van der Waals surface area contributed by atoms with Gasteiger partial charge in [-0.05, 0) is 58.3 Å². The van der Waals surface area contributed by atoms with Crippen LogP contribution in [0.5, 0.6) is 0 Å². The molecule has 0 aromatic rings. The zero-order valence-corrected chi connectivity index (χ0v) is 13.9. The zero-order valence-electron chi connectivity index (χ0n) is 13.1. The molecule has 0 bridgehead atoms. The lowest BCUT2D eigenvalue weighted by Crippen LogP contribution is -2.24. The fourth-order valence-corrected chi connectivity index (χ4v) is 3.37. The maximum absolute atomic E-state index is 4.90. The first-order chi connectivity index (χ1) is 8.21. The van der Waals surface area contributed by atoms with E-state index in [2.05, 4.69) is 47.4 Å². The largest absolute Gasteiger partial charge is 0.233 e. The molecule has 1 fully saturated rings. The normalized spacial score (nSPS) is 28.5. The summed E-state index contributed by atoms with van der Waals surface area (Å²) in [6, 6.07) is 0. The molecule has 3 unspecified atom stereocenters. The Morgan fingerprint density at radius 1 is 1.28 bits per heavy atom. The topological polar surface area (TPSA) is 12.4 Å². The van der Waals surface area contributed by atoms with E-state index in [0.29, 0.717) is 5.92 Å². The van der Waals surface area contributed by atoms with Crippen LogP contribution in [-0.4, -0.2) is 16.3 Å². The Labute approximate surface area is 117 Å². The van der Waals surface area contributed by atoms with Crippen molar-refractivity contribution < 1.29 is 0 Å². The van der Waals surface area contributed by atoms with Crippen molar-refractivity contribution in [3.05, 3.63) is 0 Å². The Morgan fingerprint density at radius 2 is 1.89 bits per heavy atom. The molecule has 0 radical (unpaired) electrons. The van der Waals surface area contributed by atoms with Crippen molar-refractivity contribution >= 4 is 22.3 Å². The molecule has 0 aromatic carbocycles. The predicted molar refractivity (Wildman–Crippen MR) is 87.9 cm³/mol. The Balaban J connectivity index is 2.69. The first-order valence-corrected chi connectivity index (χ1v) is 8.66. The van der Waals surface area contributed by atoms with Gasteiger partial charge in [-0.25, -0.2) is 4.40 Å². The van der Waals surface area contributed by atoms with Crippen LogP contribution in [0.1, 0.15) is 67.2 Å². The van der Waals surface area contributed by atoms with Crippen LogP contribution in [0.15, 0.2) is 4.40 Å². The summed E-state index contributed by atoms with van der Waals surface area (Å²) in [7, 11) is -0.103. The lowest BCUT2D eigenvalue weighted by molar-refractivity contribution is 0.250. The summed E-state index contributed by atoms with van der Waals surface area (Å²) < 4.78 is 5.10. The number of rotatable bonds is 3. The Morgan fingerprint density at radius 3 is 2.39 bits per heavy atom. The summed E-state index contributed by atoms with van der Waals surface area (Å²) in [5.41, 5.74) is 1.36. The maximum Gasteiger partial charge on any atom is 0.0256 e. The van der Waals surface area contributed by atoms with E-state index in [9.17, 15) is 0 Å². The molecule has 18 heavy (non-hydrogen) atoms. The molecule has 106 valence electrons. The molecular formula is C16H31NS. The number of hydrogen-bond donors (Lipinski definition) is 0. The monoisotopic (exact) mass is 269 g/mol. The van der Waals surface area contributed by atoms with E-state index >= 15 is 0 Å². The van der Waals surface area contributed by atoms with Crippen LogP contribution in [0.2, 0.25) is 0 Å². The second kappa shape index (κ2) is 6.36. The minimum atomic E-state index is -0.103. The van der Waals surface area contributed by atoms with E-state index in [1.54, 1.807) is 0 Å². The third-order valence-corrected chi connectivity index (χ3v) is 6.13. The summed E-state index contributed by atoms with van der Waals surface area (Å²) >= 11 is 0. The van der Waals surface area contributed by atoms with Crippen LogP contribution >= 0.6 is 10.7 Å². The van der Waals surface area contributed by atoms with Gasteiger partial charge in [0.05, 0.1) is 0 Å². The summed E-state index contributed by atoms with van der Waals surface area (Å²) in [5, 5.41) is 0. The molecule has 0 spiro atoms. The maximum atomic E-state index is 4.90. The average Bonchev–Trinajstić information content (AvgIpc) is 2.27. The highest BCUT2D eigenvalue weighted by molar-refractivity contribution is 8.14. The fraction of sp³-hybridized carbons (Fsp3) is 0.875. The molecule has 0 amide bonds. The van der Waals surface area contributed by atoms with Gasteiger partial charge in [-0.3, -0.25) is 0 Å². The van der Waals surface area contributed by atoms with Gasteiger partial charge in [0.25, 0.3) is 0 Å².